The van der Waals surface area contributed by atoms with Gasteiger partial charge in [-0.1, -0.05) is 185 Å². The topological polar surface area (TPSA) is 9.72 Å². The minimum atomic E-state index is -0.141. The lowest BCUT2D eigenvalue weighted by molar-refractivity contribution is 0.589. The number of hydrogen-bond donors (Lipinski definition) is 0. The Morgan fingerprint density at radius 1 is 0.356 bits per heavy atom. The molecule has 10 rings (SSSR count). The average molecular weight is 980 g/mol. The van der Waals surface area contributed by atoms with Crippen LogP contribution >= 0.6 is 11.3 Å². The van der Waals surface area contributed by atoms with Gasteiger partial charge < -0.3 is 14.7 Å². The molecule has 3 heterocycles. The summed E-state index contributed by atoms with van der Waals surface area (Å²) in [6.07, 6.45) is 0. The van der Waals surface area contributed by atoms with Crippen LogP contribution in [0.3, 0.4) is 0 Å². The van der Waals surface area contributed by atoms with Crippen LogP contribution in [0.5, 0.6) is 0 Å². The standard InChI is InChI=1S/C68H78BN3S/c1-63(2,3)43-19-28-49(29-20-43)70(50-30-21-44(22-31-50)64(4,5)6)53-36-37-55-56(42-53)71(51-32-23-45(24-33-51)65(7,8)9)57-40-48(68(16,17)18)41-58-60(57)69(55)62-61(54-39-47(67(13,14)15)27-38-59(54)73-62)72(58)52-34-25-46(26-35-52)66(10,11)12/h19-42H,1-18H3. The van der Waals surface area contributed by atoms with E-state index in [0.717, 1.165) is 22.7 Å². The normalized spacial score (nSPS) is 14.1. The maximum atomic E-state index is 2.64. The predicted molar refractivity (Wildman–Crippen MR) is 323 cm³/mol. The van der Waals surface area contributed by atoms with Crippen LogP contribution in [0.2, 0.25) is 0 Å². The van der Waals surface area contributed by atoms with Gasteiger partial charge in [0.25, 0.3) is 6.71 Å². The highest BCUT2D eigenvalue weighted by Gasteiger charge is 2.46. The minimum Gasteiger partial charge on any atom is -0.311 e. The summed E-state index contributed by atoms with van der Waals surface area (Å²) in [6.45, 7) is 41.8. The van der Waals surface area contributed by atoms with Crippen molar-refractivity contribution in [3.05, 3.63) is 179 Å². The lowest BCUT2D eigenvalue weighted by atomic mass is 9.36. The summed E-state index contributed by atoms with van der Waals surface area (Å²) in [7, 11) is 0. The fraction of sp³-hybridized carbons (Fsp3) is 0.353. The number of anilines is 9. The molecular weight excluding hydrogens is 902 g/mol. The smallest absolute Gasteiger partial charge is 0.264 e. The quantitative estimate of drug-likeness (QED) is 0.159. The molecule has 374 valence electrons. The SMILES string of the molecule is CC(C)(C)c1ccc(N(c2ccc(C(C)(C)C)cc2)c2ccc3c(c2)N(c2ccc(C(C)(C)C)cc2)c2cc(C(C)(C)C)cc4c2B3c2sc3ccc(C(C)(C)C)cc3c2N4c2ccc(C(C)(C)C)cc2)cc1. The molecule has 1 aromatic heterocycles. The molecule has 7 aromatic carbocycles. The van der Waals surface area contributed by atoms with E-state index in [-0.39, 0.29) is 39.2 Å². The van der Waals surface area contributed by atoms with E-state index >= 15 is 0 Å². The van der Waals surface area contributed by atoms with Crippen LogP contribution < -0.4 is 30.4 Å². The summed E-state index contributed by atoms with van der Waals surface area (Å²) in [6, 6.07) is 57.1. The van der Waals surface area contributed by atoms with Crippen molar-refractivity contribution in [2.24, 2.45) is 0 Å². The largest absolute Gasteiger partial charge is 0.311 e. The lowest BCUT2D eigenvalue weighted by Crippen LogP contribution is -2.60. The number of thiophene rings is 1. The van der Waals surface area contributed by atoms with Gasteiger partial charge in [0.2, 0.25) is 0 Å². The third-order valence-electron chi connectivity index (χ3n) is 15.6. The van der Waals surface area contributed by atoms with Crippen molar-refractivity contribution < 1.29 is 0 Å². The molecule has 3 nitrogen and oxygen atoms in total. The van der Waals surface area contributed by atoms with E-state index in [2.05, 4.69) is 285 Å². The van der Waals surface area contributed by atoms with E-state index in [1.165, 1.54) is 87.6 Å². The second-order valence-corrected chi connectivity index (χ2v) is 28.4. The van der Waals surface area contributed by atoms with Crippen LogP contribution in [0, 0.1) is 0 Å². The highest BCUT2D eigenvalue weighted by atomic mass is 32.1. The Kier molecular flexibility index (Phi) is 11.9. The fourth-order valence-corrected chi connectivity index (χ4v) is 12.2. The molecule has 0 radical (unpaired) electrons. The number of fused-ring (bicyclic) bond motifs is 6. The predicted octanol–water partition coefficient (Wildman–Crippen LogP) is 18.2. The first kappa shape index (κ1) is 50.5. The Bertz CT molecular complexity index is 3310. The zero-order valence-corrected chi connectivity index (χ0v) is 48.0. The monoisotopic (exact) mass is 980 g/mol. The Balaban J connectivity index is 1.30. The van der Waals surface area contributed by atoms with Gasteiger partial charge in [0.1, 0.15) is 0 Å². The van der Waals surface area contributed by atoms with Crippen molar-refractivity contribution in [2.75, 3.05) is 14.7 Å². The second kappa shape index (κ2) is 17.3. The van der Waals surface area contributed by atoms with Crippen molar-refractivity contribution in [2.45, 2.75) is 157 Å². The molecule has 0 saturated heterocycles. The van der Waals surface area contributed by atoms with Crippen LogP contribution in [-0.2, 0) is 32.5 Å². The van der Waals surface area contributed by atoms with Crippen molar-refractivity contribution >= 4 is 95.0 Å². The van der Waals surface area contributed by atoms with Gasteiger partial charge in [-0.2, -0.15) is 0 Å². The first-order chi connectivity index (χ1) is 34.0. The lowest BCUT2D eigenvalue weighted by Gasteiger charge is -2.44. The van der Waals surface area contributed by atoms with Crippen molar-refractivity contribution in [1.29, 1.82) is 0 Å². The zero-order valence-electron chi connectivity index (χ0n) is 47.2. The van der Waals surface area contributed by atoms with Gasteiger partial charge in [-0.3, -0.25) is 0 Å². The third kappa shape index (κ3) is 9.13. The molecule has 0 aliphatic carbocycles. The number of nitrogens with zero attached hydrogens (tertiary/aromatic N) is 3. The van der Waals surface area contributed by atoms with Gasteiger partial charge in [0.05, 0.1) is 5.69 Å². The zero-order chi connectivity index (χ0) is 52.5. The summed E-state index contributed by atoms with van der Waals surface area (Å²) in [5.41, 5.74) is 21.4. The van der Waals surface area contributed by atoms with E-state index < -0.39 is 0 Å². The van der Waals surface area contributed by atoms with Crippen LogP contribution in [0.4, 0.5) is 51.2 Å². The maximum absolute atomic E-state index is 2.64. The molecule has 2 aliphatic rings. The van der Waals surface area contributed by atoms with Gasteiger partial charge >= 0.3 is 0 Å². The van der Waals surface area contributed by atoms with Gasteiger partial charge in [-0.25, -0.2) is 0 Å². The maximum Gasteiger partial charge on any atom is 0.264 e. The minimum absolute atomic E-state index is 0.00524. The average Bonchev–Trinajstić information content (AvgIpc) is 3.69. The van der Waals surface area contributed by atoms with E-state index in [9.17, 15) is 0 Å². The number of rotatable bonds is 5. The highest BCUT2D eigenvalue weighted by Crippen LogP contribution is 2.51. The second-order valence-electron chi connectivity index (χ2n) is 27.3. The molecule has 5 heteroatoms. The molecule has 0 atom stereocenters. The number of hydrogen-bond acceptors (Lipinski definition) is 4. The van der Waals surface area contributed by atoms with Crippen LogP contribution in [-0.4, -0.2) is 6.71 Å². The Morgan fingerprint density at radius 2 is 0.740 bits per heavy atom. The molecule has 73 heavy (non-hydrogen) atoms. The summed E-state index contributed by atoms with van der Waals surface area (Å²) >= 11 is 1.98. The van der Waals surface area contributed by atoms with Crippen LogP contribution in [0.1, 0.15) is 158 Å². The van der Waals surface area contributed by atoms with Gasteiger partial charge in [-0.15, -0.1) is 11.3 Å². The number of benzene rings is 7. The van der Waals surface area contributed by atoms with E-state index in [0.29, 0.717) is 0 Å². The Morgan fingerprint density at radius 3 is 1.18 bits per heavy atom. The fourth-order valence-electron chi connectivity index (χ4n) is 10.9. The summed E-state index contributed by atoms with van der Waals surface area (Å²) in [5.74, 6) is 0. The van der Waals surface area contributed by atoms with Crippen molar-refractivity contribution in [3.63, 3.8) is 0 Å². The van der Waals surface area contributed by atoms with Crippen LogP contribution in [0.15, 0.2) is 146 Å². The molecule has 0 amide bonds. The van der Waals surface area contributed by atoms with Gasteiger partial charge in [0.15, 0.2) is 0 Å². The summed E-state index contributed by atoms with van der Waals surface area (Å²) in [4.78, 5) is 7.72. The first-order valence-electron chi connectivity index (χ1n) is 26.7. The summed E-state index contributed by atoms with van der Waals surface area (Å²) in [5, 5.41) is 1.32. The van der Waals surface area contributed by atoms with E-state index in [1.807, 2.05) is 11.3 Å². The summed E-state index contributed by atoms with van der Waals surface area (Å²) < 4.78 is 2.71. The third-order valence-corrected chi connectivity index (χ3v) is 16.8. The molecule has 2 aliphatic heterocycles. The Labute approximate surface area is 443 Å². The van der Waals surface area contributed by atoms with Gasteiger partial charge in [-0.05, 0) is 162 Å². The molecule has 0 bridgehead atoms. The molecule has 0 N–H and O–H groups in total. The first-order valence-corrected chi connectivity index (χ1v) is 27.5. The molecule has 0 spiro atoms. The molecule has 0 fully saturated rings. The molecule has 8 aromatic rings. The molecule has 0 unspecified atom stereocenters. The molecule has 0 saturated carbocycles. The Hall–Kier alpha value is -6.04. The van der Waals surface area contributed by atoms with E-state index in [4.69, 9.17) is 0 Å². The van der Waals surface area contributed by atoms with Gasteiger partial charge in [0, 0.05) is 60.4 Å². The van der Waals surface area contributed by atoms with E-state index in [1.54, 1.807) is 0 Å². The highest BCUT2D eigenvalue weighted by molar-refractivity contribution is 7.33. The molecular formula is C68H78BN3S. The van der Waals surface area contributed by atoms with Crippen molar-refractivity contribution in [1.82, 2.24) is 0 Å². The van der Waals surface area contributed by atoms with Crippen LogP contribution in [0.25, 0.3) is 10.1 Å². The van der Waals surface area contributed by atoms with Crippen molar-refractivity contribution in [3.8, 4) is 0 Å².